The summed E-state index contributed by atoms with van der Waals surface area (Å²) < 4.78 is 14.4. The van der Waals surface area contributed by atoms with Crippen molar-refractivity contribution in [3.8, 4) is 0 Å². The molecule has 0 N–H and O–H groups in total. The molecule has 0 unspecified atom stereocenters. The zero-order valence-electron chi connectivity index (χ0n) is 12.1. The van der Waals surface area contributed by atoms with Crippen molar-refractivity contribution < 1.29 is 14.0 Å². The third-order valence-corrected chi connectivity index (χ3v) is 4.23. The molecule has 1 aromatic rings. The molecular formula is C15H18BrFN2O2. The molecule has 21 heavy (non-hydrogen) atoms. The number of likely N-dealkylation sites (tertiary alicyclic amines) is 1. The van der Waals surface area contributed by atoms with Crippen LogP contribution in [0.15, 0.2) is 22.7 Å². The minimum Gasteiger partial charge on any atom is -0.349 e. The summed E-state index contributed by atoms with van der Waals surface area (Å²) in [4.78, 5) is 27.4. The van der Waals surface area contributed by atoms with Gasteiger partial charge in [0.25, 0.3) is 5.91 Å². The van der Waals surface area contributed by atoms with Crippen LogP contribution in [0.4, 0.5) is 4.39 Å². The zero-order valence-corrected chi connectivity index (χ0v) is 13.7. The van der Waals surface area contributed by atoms with Crippen molar-refractivity contribution in [1.82, 2.24) is 9.80 Å². The highest BCUT2D eigenvalue weighted by molar-refractivity contribution is 9.10. The van der Waals surface area contributed by atoms with Crippen LogP contribution in [0.1, 0.15) is 23.2 Å². The Morgan fingerprint density at radius 2 is 1.90 bits per heavy atom. The average molecular weight is 357 g/mol. The minimum absolute atomic E-state index is 0.0428. The van der Waals surface area contributed by atoms with Crippen molar-refractivity contribution in [2.24, 2.45) is 5.92 Å². The molecule has 0 aliphatic carbocycles. The maximum absolute atomic E-state index is 13.8. The van der Waals surface area contributed by atoms with E-state index in [1.807, 2.05) is 0 Å². The van der Waals surface area contributed by atoms with E-state index in [0.29, 0.717) is 30.4 Å². The molecule has 0 atom stereocenters. The van der Waals surface area contributed by atoms with Gasteiger partial charge in [0.2, 0.25) is 5.91 Å². The maximum atomic E-state index is 13.8. The van der Waals surface area contributed by atoms with Crippen LogP contribution < -0.4 is 0 Å². The van der Waals surface area contributed by atoms with Gasteiger partial charge in [0.1, 0.15) is 5.82 Å². The van der Waals surface area contributed by atoms with Gasteiger partial charge in [0.05, 0.1) is 5.56 Å². The summed E-state index contributed by atoms with van der Waals surface area (Å²) in [6.45, 7) is 0.969. The van der Waals surface area contributed by atoms with Crippen molar-refractivity contribution in [3.05, 3.63) is 34.1 Å². The van der Waals surface area contributed by atoms with Crippen molar-refractivity contribution in [2.75, 3.05) is 27.2 Å². The molecule has 0 saturated carbocycles. The number of benzene rings is 1. The number of rotatable bonds is 2. The van der Waals surface area contributed by atoms with Gasteiger partial charge in [-0.3, -0.25) is 9.59 Å². The number of amides is 2. The van der Waals surface area contributed by atoms with Gasteiger partial charge in [-0.05, 0) is 31.0 Å². The SMILES string of the molecule is CN(C)C(=O)C1CCN(C(=O)c2ccc(Br)cc2F)CC1. The lowest BCUT2D eigenvalue weighted by Crippen LogP contribution is -2.43. The summed E-state index contributed by atoms with van der Waals surface area (Å²) in [7, 11) is 3.47. The smallest absolute Gasteiger partial charge is 0.256 e. The highest BCUT2D eigenvalue weighted by atomic mass is 79.9. The fourth-order valence-electron chi connectivity index (χ4n) is 2.53. The van der Waals surface area contributed by atoms with Crippen LogP contribution in [0, 0.1) is 11.7 Å². The van der Waals surface area contributed by atoms with Crippen molar-refractivity contribution in [1.29, 1.82) is 0 Å². The summed E-state index contributed by atoms with van der Waals surface area (Å²) in [5.41, 5.74) is 0.0792. The Labute approximate surface area is 132 Å². The van der Waals surface area contributed by atoms with Gasteiger partial charge in [-0.2, -0.15) is 0 Å². The molecule has 4 nitrogen and oxygen atoms in total. The largest absolute Gasteiger partial charge is 0.349 e. The van der Waals surface area contributed by atoms with Crippen molar-refractivity contribution in [3.63, 3.8) is 0 Å². The predicted octanol–water partition coefficient (Wildman–Crippen LogP) is 2.53. The lowest BCUT2D eigenvalue weighted by atomic mass is 9.95. The molecule has 0 spiro atoms. The van der Waals surface area contributed by atoms with E-state index in [4.69, 9.17) is 0 Å². The Hall–Kier alpha value is -1.43. The molecule has 1 saturated heterocycles. The van der Waals surface area contributed by atoms with E-state index < -0.39 is 5.82 Å². The number of halogens is 2. The van der Waals surface area contributed by atoms with Crippen LogP contribution in [0.3, 0.4) is 0 Å². The molecule has 2 amide bonds. The van der Waals surface area contributed by atoms with E-state index in [1.165, 1.54) is 12.1 Å². The van der Waals surface area contributed by atoms with Gasteiger partial charge in [-0.1, -0.05) is 15.9 Å². The lowest BCUT2D eigenvalue weighted by Gasteiger charge is -2.32. The normalized spacial score (nSPS) is 15.9. The number of hydrogen-bond donors (Lipinski definition) is 0. The summed E-state index contributed by atoms with van der Waals surface area (Å²) in [5.74, 6) is -0.785. The first kappa shape index (κ1) is 15.9. The zero-order chi connectivity index (χ0) is 15.6. The Balaban J connectivity index is 2.02. The quantitative estimate of drug-likeness (QED) is 0.816. The Morgan fingerprint density at radius 3 is 2.43 bits per heavy atom. The first-order valence-electron chi connectivity index (χ1n) is 6.85. The maximum Gasteiger partial charge on any atom is 0.256 e. The Morgan fingerprint density at radius 1 is 1.29 bits per heavy atom. The molecule has 1 fully saturated rings. The van der Waals surface area contributed by atoms with Crippen LogP contribution in [-0.4, -0.2) is 48.8 Å². The second kappa shape index (κ2) is 6.56. The molecule has 0 aromatic heterocycles. The third kappa shape index (κ3) is 3.61. The van der Waals surface area contributed by atoms with Gasteiger partial charge in [0.15, 0.2) is 0 Å². The monoisotopic (exact) mass is 356 g/mol. The van der Waals surface area contributed by atoms with E-state index in [-0.39, 0.29) is 23.3 Å². The van der Waals surface area contributed by atoms with Gasteiger partial charge >= 0.3 is 0 Å². The minimum atomic E-state index is -0.527. The molecule has 1 aromatic carbocycles. The van der Waals surface area contributed by atoms with E-state index in [1.54, 1.807) is 30.0 Å². The fourth-order valence-corrected chi connectivity index (χ4v) is 2.86. The lowest BCUT2D eigenvalue weighted by molar-refractivity contribution is -0.134. The molecule has 1 aliphatic rings. The topological polar surface area (TPSA) is 40.6 Å². The number of piperidine rings is 1. The fraction of sp³-hybridized carbons (Fsp3) is 0.467. The first-order valence-corrected chi connectivity index (χ1v) is 7.65. The van der Waals surface area contributed by atoms with Crippen LogP contribution >= 0.6 is 15.9 Å². The molecule has 0 radical (unpaired) electrons. The van der Waals surface area contributed by atoms with Crippen LogP contribution in [0.2, 0.25) is 0 Å². The van der Waals surface area contributed by atoms with Gasteiger partial charge < -0.3 is 9.80 Å². The van der Waals surface area contributed by atoms with Gasteiger partial charge in [0, 0.05) is 37.6 Å². The summed E-state index contributed by atoms with van der Waals surface area (Å²) in [5, 5.41) is 0. The Bertz CT molecular complexity index is 555. The van der Waals surface area contributed by atoms with E-state index in [0.717, 1.165) is 0 Å². The van der Waals surface area contributed by atoms with E-state index in [2.05, 4.69) is 15.9 Å². The summed E-state index contributed by atoms with van der Waals surface area (Å²) in [6, 6.07) is 4.42. The number of nitrogens with zero attached hydrogens (tertiary/aromatic N) is 2. The molecule has 114 valence electrons. The van der Waals surface area contributed by atoms with Crippen molar-refractivity contribution in [2.45, 2.75) is 12.8 Å². The predicted molar refractivity (Wildman–Crippen MR) is 81.4 cm³/mol. The second-order valence-corrected chi connectivity index (χ2v) is 6.34. The van der Waals surface area contributed by atoms with Crippen LogP contribution in [0.5, 0.6) is 0 Å². The Kier molecular flexibility index (Phi) is 4.98. The standard InChI is InChI=1S/C15H18BrFN2O2/c1-18(2)14(20)10-5-7-19(8-6-10)15(21)12-4-3-11(16)9-13(12)17/h3-4,9-10H,5-8H2,1-2H3. The van der Waals surface area contributed by atoms with Crippen LogP contribution in [0.25, 0.3) is 0 Å². The molecule has 1 aliphatic heterocycles. The van der Waals surface area contributed by atoms with E-state index >= 15 is 0 Å². The number of carbonyl (C=O) groups excluding carboxylic acids is 2. The number of hydrogen-bond acceptors (Lipinski definition) is 2. The highest BCUT2D eigenvalue weighted by Crippen LogP contribution is 2.22. The summed E-state index contributed by atoms with van der Waals surface area (Å²) >= 11 is 3.17. The molecular weight excluding hydrogens is 339 g/mol. The van der Waals surface area contributed by atoms with Crippen LogP contribution in [-0.2, 0) is 4.79 Å². The third-order valence-electron chi connectivity index (χ3n) is 3.73. The molecule has 2 rings (SSSR count). The second-order valence-electron chi connectivity index (χ2n) is 5.42. The summed E-state index contributed by atoms with van der Waals surface area (Å²) in [6.07, 6.45) is 1.25. The number of carbonyl (C=O) groups is 2. The molecule has 6 heteroatoms. The van der Waals surface area contributed by atoms with E-state index in [9.17, 15) is 14.0 Å². The molecule has 1 heterocycles. The van der Waals surface area contributed by atoms with Crippen molar-refractivity contribution >= 4 is 27.7 Å². The first-order chi connectivity index (χ1) is 9.90. The van der Waals surface area contributed by atoms with Gasteiger partial charge in [-0.15, -0.1) is 0 Å². The average Bonchev–Trinajstić information content (AvgIpc) is 2.46. The highest BCUT2D eigenvalue weighted by Gasteiger charge is 2.29. The molecule has 0 bridgehead atoms. The van der Waals surface area contributed by atoms with Gasteiger partial charge in [-0.25, -0.2) is 4.39 Å².